The highest BCUT2D eigenvalue weighted by molar-refractivity contribution is 5.60. The number of carbonyl (C=O) groups excluding carboxylic acids is 1. The molecule has 26 heavy (non-hydrogen) atoms. The molecule has 0 aromatic heterocycles. The maximum Gasteiger partial charge on any atom is 0.513 e. The molecule has 0 aliphatic rings. The predicted molar refractivity (Wildman–Crippen MR) is 98.1 cm³/mol. The van der Waals surface area contributed by atoms with E-state index in [-0.39, 0.29) is 0 Å². The first-order chi connectivity index (χ1) is 12.2. The van der Waals surface area contributed by atoms with Crippen LogP contribution in [0.15, 0.2) is 0 Å². The van der Waals surface area contributed by atoms with Crippen LogP contribution in [0.1, 0.15) is 92.9 Å². The summed E-state index contributed by atoms with van der Waals surface area (Å²) in [4.78, 5) is 32.4. The molecule has 0 heterocycles. The van der Waals surface area contributed by atoms with Gasteiger partial charge in [-0.3, -0.25) is 0 Å². The second-order valence-corrected chi connectivity index (χ2v) is 7.19. The minimum Gasteiger partial charge on any atom is -0.399 e. The normalized spacial score (nSPS) is 12.2. The molecule has 7 heteroatoms. The van der Waals surface area contributed by atoms with Crippen molar-refractivity contribution in [2.24, 2.45) is 0 Å². The van der Waals surface area contributed by atoms with Gasteiger partial charge in [-0.25, -0.2) is 14.6 Å². The monoisotopic (exact) mass is 378 g/mol. The van der Waals surface area contributed by atoms with Gasteiger partial charge in [-0.15, -0.1) is 0 Å². The summed E-state index contributed by atoms with van der Waals surface area (Å²) in [7, 11) is 0. The summed E-state index contributed by atoms with van der Waals surface area (Å²) < 4.78 is 10.2. The van der Waals surface area contributed by atoms with E-state index in [0.29, 0.717) is 13.2 Å². The second kappa shape index (κ2) is 14.2. The van der Waals surface area contributed by atoms with Crippen molar-refractivity contribution in [3.8, 4) is 0 Å². The molecule has 0 N–H and O–H groups in total. The number of hydrogen-bond acceptors (Lipinski definition) is 7. The molecule has 7 nitrogen and oxygen atoms in total. The third kappa shape index (κ3) is 15.4. The van der Waals surface area contributed by atoms with Gasteiger partial charge in [-0.05, 0) is 12.8 Å². The Hall–Kier alpha value is -0.890. The van der Waals surface area contributed by atoms with Gasteiger partial charge >= 0.3 is 6.16 Å². The molecule has 156 valence electrons. The summed E-state index contributed by atoms with van der Waals surface area (Å²) in [6.07, 6.45) is 7.64. The molecule has 0 aliphatic heterocycles. The first kappa shape index (κ1) is 25.1. The van der Waals surface area contributed by atoms with Crippen LogP contribution in [0.3, 0.4) is 0 Å². The van der Waals surface area contributed by atoms with E-state index < -0.39 is 17.7 Å². The standard InChI is InChI=1S/C19H38O7/c1-7-9-11-13-15-21-25-18(3,4)23-17(20)24-19(5,6)26-22-16-14-12-10-8-2/h7-16H2,1-6H3. The van der Waals surface area contributed by atoms with E-state index in [1.165, 1.54) is 0 Å². The second-order valence-electron chi connectivity index (χ2n) is 7.19. The van der Waals surface area contributed by atoms with Crippen molar-refractivity contribution in [3.05, 3.63) is 0 Å². The average Bonchev–Trinajstić information content (AvgIpc) is 2.52. The fourth-order valence-corrected chi connectivity index (χ4v) is 2.00. The van der Waals surface area contributed by atoms with Gasteiger partial charge in [0.15, 0.2) is 0 Å². The minimum atomic E-state index is -1.26. The first-order valence-electron chi connectivity index (χ1n) is 9.75. The van der Waals surface area contributed by atoms with Crippen LogP contribution in [-0.4, -0.2) is 30.9 Å². The van der Waals surface area contributed by atoms with Crippen LogP contribution in [0.25, 0.3) is 0 Å². The van der Waals surface area contributed by atoms with Gasteiger partial charge in [-0.1, -0.05) is 52.4 Å². The van der Waals surface area contributed by atoms with E-state index in [2.05, 4.69) is 13.8 Å². The number of ether oxygens (including phenoxy) is 2. The lowest BCUT2D eigenvalue weighted by Gasteiger charge is -2.27. The van der Waals surface area contributed by atoms with Crippen LogP contribution in [0.2, 0.25) is 0 Å². The Morgan fingerprint density at radius 2 is 1.04 bits per heavy atom. The largest absolute Gasteiger partial charge is 0.513 e. The van der Waals surface area contributed by atoms with E-state index in [1.54, 1.807) is 27.7 Å². The molecule has 0 rings (SSSR count). The van der Waals surface area contributed by atoms with Crippen LogP contribution in [-0.2, 0) is 29.0 Å². The van der Waals surface area contributed by atoms with Gasteiger partial charge < -0.3 is 9.47 Å². The third-order valence-corrected chi connectivity index (χ3v) is 3.34. The maximum atomic E-state index is 11.9. The van der Waals surface area contributed by atoms with Crippen molar-refractivity contribution < 1.29 is 33.8 Å². The van der Waals surface area contributed by atoms with Crippen molar-refractivity contribution >= 4 is 6.16 Å². The molecule has 0 aliphatic carbocycles. The van der Waals surface area contributed by atoms with Crippen LogP contribution in [0.4, 0.5) is 4.79 Å². The Balaban J connectivity index is 3.96. The lowest BCUT2D eigenvalue weighted by Crippen LogP contribution is -2.37. The van der Waals surface area contributed by atoms with Crippen molar-refractivity contribution in [1.29, 1.82) is 0 Å². The molecule has 0 aromatic rings. The van der Waals surface area contributed by atoms with Gasteiger partial charge in [0.25, 0.3) is 0 Å². The maximum absolute atomic E-state index is 11.9. The van der Waals surface area contributed by atoms with E-state index in [0.717, 1.165) is 51.4 Å². The molecule has 0 atom stereocenters. The van der Waals surface area contributed by atoms with Gasteiger partial charge in [0.05, 0.1) is 13.2 Å². The predicted octanol–water partition coefficient (Wildman–Crippen LogP) is 5.67. The molecule has 0 amide bonds. The quantitative estimate of drug-likeness (QED) is 0.113. The number of carbonyl (C=O) groups is 1. The lowest BCUT2D eigenvalue weighted by molar-refractivity contribution is -0.424. The van der Waals surface area contributed by atoms with Crippen LogP contribution in [0.5, 0.6) is 0 Å². The van der Waals surface area contributed by atoms with E-state index in [9.17, 15) is 4.79 Å². The summed E-state index contributed by atoms with van der Waals surface area (Å²) in [5.41, 5.74) is 0. The van der Waals surface area contributed by atoms with Crippen molar-refractivity contribution in [2.45, 2.75) is 104 Å². The molecule has 0 saturated heterocycles. The van der Waals surface area contributed by atoms with Gasteiger partial charge in [0.1, 0.15) is 0 Å². The molecule has 0 bridgehead atoms. The minimum absolute atomic E-state index is 0.447. The Morgan fingerprint density at radius 3 is 1.38 bits per heavy atom. The fraction of sp³-hybridized carbons (Fsp3) is 0.947. The first-order valence-corrected chi connectivity index (χ1v) is 9.75. The van der Waals surface area contributed by atoms with Crippen LogP contribution >= 0.6 is 0 Å². The van der Waals surface area contributed by atoms with E-state index in [1.807, 2.05) is 0 Å². The third-order valence-electron chi connectivity index (χ3n) is 3.34. The summed E-state index contributed by atoms with van der Waals surface area (Å²) in [6, 6.07) is 0. The molecular formula is C19H38O7. The van der Waals surface area contributed by atoms with Gasteiger partial charge in [0.2, 0.25) is 11.6 Å². The van der Waals surface area contributed by atoms with Crippen molar-refractivity contribution in [3.63, 3.8) is 0 Å². The zero-order valence-electron chi connectivity index (χ0n) is 17.4. The van der Waals surface area contributed by atoms with Crippen LogP contribution in [0, 0.1) is 0 Å². The zero-order valence-corrected chi connectivity index (χ0v) is 17.4. The molecule has 0 radical (unpaired) electrons. The van der Waals surface area contributed by atoms with Crippen molar-refractivity contribution in [2.75, 3.05) is 13.2 Å². The van der Waals surface area contributed by atoms with Crippen LogP contribution < -0.4 is 0 Å². The Kier molecular flexibility index (Phi) is 13.7. The topological polar surface area (TPSA) is 72.5 Å². The summed E-state index contributed by atoms with van der Waals surface area (Å²) in [5.74, 6) is -2.53. The Morgan fingerprint density at radius 1 is 0.654 bits per heavy atom. The summed E-state index contributed by atoms with van der Waals surface area (Å²) >= 11 is 0. The Labute approximate surface area is 158 Å². The van der Waals surface area contributed by atoms with E-state index in [4.69, 9.17) is 29.0 Å². The molecular weight excluding hydrogens is 340 g/mol. The number of unbranched alkanes of at least 4 members (excludes halogenated alkanes) is 6. The van der Waals surface area contributed by atoms with Crippen molar-refractivity contribution in [1.82, 2.24) is 0 Å². The average molecular weight is 379 g/mol. The summed E-state index contributed by atoms with van der Waals surface area (Å²) in [5, 5.41) is 0. The van der Waals surface area contributed by atoms with E-state index >= 15 is 0 Å². The van der Waals surface area contributed by atoms with Gasteiger partial charge in [-0.2, -0.15) is 9.78 Å². The summed E-state index contributed by atoms with van der Waals surface area (Å²) in [6.45, 7) is 11.4. The smallest absolute Gasteiger partial charge is 0.399 e. The fourth-order valence-electron chi connectivity index (χ4n) is 2.00. The highest BCUT2D eigenvalue weighted by Crippen LogP contribution is 2.18. The molecule has 0 spiro atoms. The number of hydrogen-bond donors (Lipinski definition) is 0. The number of rotatable bonds is 16. The molecule has 0 unspecified atom stereocenters. The lowest BCUT2D eigenvalue weighted by atomic mass is 10.2. The molecule has 0 saturated carbocycles. The SMILES string of the molecule is CCCCCCOOC(C)(C)OC(=O)OC(C)(C)OOCCCCCC. The highest BCUT2D eigenvalue weighted by atomic mass is 17.2. The Bertz CT molecular complexity index is 324. The van der Waals surface area contributed by atoms with Gasteiger partial charge in [0, 0.05) is 27.7 Å². The molecule has 0 fully saturated rings. The zero-order chi connectivity index (χ0) is 19.9. The molecule has 0 aromatic carbocycles. The highest BCUT2D eigenvalue weighted by Gasteiger charge is 2.32.